The molecule has 0 aliphatic heterocycles. The van der Waals surface area contributed by atoms with Crippen LogP contribution in [0.25, 0.3) is 11.0 Å². The van der Waals surface area contributed by atoms with Gasteiger partial charge in [0.25, 0.3) is 0 Å². The Hall–Kier alpha value is -1.88. The fraction of sp³-hybridized carbons (Fsp3) is 0.467. The first-order chi connectivity index (χ1) is 9.61. The molecule has 0 saturated heterocycles. The van der Waals surface area contributed by atoms with Crippen molar-refractivity contribution in [2.24, 2.45) is 5.73 Å². The van der Waals surface area contributed by atoms with Crippen LogP contribution in [0.3, 0.4) is 0 Å². The molecular weight excluding hydrogens is 252 g/mol. The minimum absolute atomic E-state index is 0.0573. The molecule has 3 rings (SSSR count). The van der Waals surface area contributed by atoms with E-state index < -0.39 is 0 Å². The quantitative estimate of drug-likeness (QED) is 0.799. The highest BCUT2D eigenvalue weighted by Gasteiger charge is 2.22. The molecule has 20 heavy (non-hydrogen) atoms. The fourth-order valence-corrected chi connectivity index (χ4v) is 2.49. The summed E-state index contributed by atoms with van der Waals surface area (Å²) in [6.07, 6.45) is 4.06. The molecule has 1 fully saturated rings. The van der Waals surface area contributed by atoms with Crippen molar-refractivity contribution in [3.05, 3.63) is 24.0 Å². The van der Waals surface area contributed by atoms with Crippen LogP contribution in [0.15, 0.2) is 18.2 Å². The third-order valence-corrected chi connectivity index (χ3v) is 3.78. The van der Waals surface area contributed by atoms with Gasteiger partial charge in [0, 0.05) is 24.1 Å². The number of nitrogens with one attached hydrogen (secondary N) is 2. The average molecular weight is 272 g/mol. The predicted molar refractivity (Wildman–Crippen MR) is 79.6 cm³/mol. The van der Waals surface area contributed by atoms with Gasteiger partial charge in [-0.2, -0.15) is 0 Å². The number of aromatic amines is 1. The van der Waals surface area contributed by atoms with E-state index in [0.717, 1.165) is 22.5 Å². The lowest BCUT2D eigenvalue weighted by molar-refractivity contribution is -0.116. The maximum atomic E-state index is 11.7. The summed E-state index contributed by atoms with van der Waals surface area (Å²) in [4.78, 5) is 19.7. The number of imidazole rings is 1. The Morgan fingerprint density at radius 3 is 3.00 bits per heavy atom. The number of nitrogens with two attached hydrogens (primary N) is 1. The minimum Gasteiger partial charge on any atom is -0.342 e. The minimum atomic E-state index is -0.129. The van der Waals surface area contributed by atoms with Crippen molar-refractivity contribution in [2.75, 3.05) is 5.32 Å². The van der Waals surface area contributed by atoms with Gasteiger partial charge in [-0.3, -0.25) is 4.79 Å². The lowest BCUT2D eigenvalue weighted by Gasteiger charge is -2.22. The smallest absolute Gasteiger partial charge is 0.225 e. The second-order valence-electron chi connectivity index (χ2n) is 5.71. The first-order valence-corrected chi connectivity index (χ1v) is 7.17. The van der Waals surface area contributed by atoms with E-state index in [1.165, 1.54) is 19.3 Å². The van der Waals surface area contributed by atoms with E-state index in [0.29, 0.717) is 12.3 Å². The summed E-state index contributed by atoms with van der Waals surface area (Å²) in [5, 5.41) is 2.87. The van der Waals surface area contributed by atoms with Crippen LogP contribution in [0.2, 0.25) is 0 Å². The van der Waals surface area contributed by atoms with Gasteiger partial charge in [0.15, 0.2) is 0 Å². The van der Waals surface area contributed by atoms with E-state index in [2.05, 4.69) is 15.3 Å². The second-order valence-corrected chi connectivity index (χ2v) is 5.71. The number of anilines is 1. The van der Waals surface area contributed by atoms with Gasteiger partial charge < -0.3 is 16.0 Å². The van der Waals surface area contributed by atoms with Gasteiger partial charge in [0.05, 0.1) is 11.0 Å². The number of benzene rings is 1. The van der Waals surface area contributed by atoms with E-state index >= 15 is 0 Å². The average Bonchev–Trinajstić information content (AvgIpc) is 2.67. The standard InChI is InChI=1S/C15H20N4O/c1-9(16)7-14(20)17-11-5-6-12-13(8-11)19-15(18-12)10-3-2-4-10/h5-6,8-10H,2-4,7,16H2,1H3,(H,17,20)(H,18,19). The number of aromatic nitrogens is 2. The van der Waals surface area contributed by atoms with Gasteiger partial charge in [0.1, 0.15) is 5.82 Å². The Morgan fingerprint density at radius 1 is 1.55 bits per heavy atom. The van der Waals surface area contributed by atoms with Gasteiger partial charge in [-0.1, -0.05) is 6.42 Å². The summed E-state index contributed by atoms with van der Waals surface area (Å²) in [5.74, 6) is 1.60. The van der Waals surface area contributed by atoms with Crippen LogP contribution in [0.4, 0.5) is 5.69 Å². The number of hydrogen-bond acceptors (Lipinski definition) is 3. The molecule has 1 aromatic carbocycles. The highest BCUT2D eigenvalue weighted by Crippen LogP contribution is 2.35. The topological polar surface area (TPSA) is 83.8 Å². The molecule has 2 aromatic rings. The summed E-state index contributed by atoms with van der Waals surface area (Å²) in [6, 6.07) is 5.63. The Balaban J connectivity index is 1.77. The van der Waals surface area contributed by atoms with Gasteiger partial charge in [-0.05, 0) is 38.0 Å². The third kappa shape index (κ3) is 2.67. The number of carbonyl (C=O) groups is 1. The van der Waals surface area contributed by atoms with Gasteiger partial charge in [-0.25, -0.2) is 4.98 Å². The second kappa shape index (κ2) is 5.25. The highest BCUT2D eigenvalue weighted by molar-refractivity contribution is 5.93. The number of rotatable bonds is 4. The molecule has 1 heterocycles. The number of hydrogen-bond donors (Lipinski definition) is 3. The fourth-order valence-electron chi connectivity index (χ4n) is 2.49. The molecule has 0 bridgehead atoms. The maximum Gasteiger partial charge on any atom is 0.225 e. The highest BCUT2D eigenvalue weighted by atomic mass is 16.1. The predicted octanol–water partition coefficient (Wildman–Crippen LogP) is 2.51. The van der Waals surface area contributed by atoms with Crippen LogP contribution in [0.5, 0.6) is 0 Å². The molecule has 1 atom stereocenters. The normalized spacial score (nSPS) is 16.9. The molecule has 0 radical (unpaired) electrons. The number of amides is 1. The first kappa shape index (κ1) is 13.1. The number of fused-ring (bicyclic) bond motifs is 1. The number of H-pyrrole nitrogens is 1. The van der Waals surface area contributed by atoms with Crippen LogP contribution in [-0.2, 0) is 4.79 Å². The zero-order valence-corrected chi connectivity index (χ0v) is 11.6. The number of carbonyl (C=O) groups excluding carboxylic acids is 1. The molecule has 1 aliphatic rings. The molecule has 0 spiro atoms. The van der Waals surface area contributed by atoms with Gasteiger partial charge in [-0.15, -0.1) is 0 Å². The molecule has 106 valence electrons. The Bertz CT molecular complexity index is 628. The van der Waals surface area contributed by atoms with E-state index in [-0.39, 0.29) is 11.9 Å². The molecule has 1 aromatic heterocycles. The van der Waals surface area contributed by atoms with Crippen LogP contribution >= 0.6 is 0 Å². The van der Waals surface area contributed by atoms with Crippen LogP contribution in [0.1, 0.15) is 44.3 Å². The Labute approximate surface area is 118 Å². The van der Waals surface area contributed by atoms with Crippen LogP contribution < -0.4 is 11.1 Å². The molecular formula is C15H20N4O. The van der Waals surface area contributed by atoms with E-state index in [4.69, 9.17) is 5.73 Å². The van der Waals surface area contributed by atoms with Gasteiger partial charge >= 0.3 is 0 Å². The first-order valence-electron chi connectivity index (χ1n) is 7.17. The maximum absolute atomic E-state index is 11.7. The van der Waals surface area contributed by atoms with Crippen LogP contribution in [0, 0.1) is 0 Å². The van der Waals surface area contributed by atoms with Crippen molar-refractivity contribution < 1.29 is 4.79 Å². The SMILES string of the molecule is CC(N)CC(=O)Nc1ccc2nc(C3CCC3)[nH]c2c1. The molecule has 1 saturated carbocycles. The van der Waals surface area contributed by atoms with Crippen molar-refractivity contribution >= 4 is 22.6 Å². The van der Waals surface area contributed by atoms with Gasteiger partial charge in [0.2, 0.25) is 5.91 Å². The summed E-state index contributed by atoms with van der Waals surface area (Å²) >= 11 is 0. The molecule has 5 nitrogen and oxygen atoms in total. The van der Waals surface area contributed by atoms with Crippen molar-refractivity contribution in [1.29, 1.82) is 0 Å². The van der Waals surface area contributed by atoms with E-state index in [1.807, 2.05) is 25.1 Å². The van der Waals surface area contributed by atoms with E-state index in [9.17, 15) is 4.79 Å². The van der Waals surface area contributed by atoms with Crippen molar-refractivity contribution in [1.82, 2.24) is 9.97 Å². The zero-order valence-electron chi connectivity index (χ0n) is 11.6. The largest absolute Gasteiger partial charge is 0.342 e. The molecule has 4 N–H and O–H groups in total. The summed E-state index contributed by atoms with van der Waals surface area (Å²) in [5.41, 5.74) is 8.34. The third-order valence-electron chi connectivity index (χ3n) is 3.78. The van der Waals surface area contributed by atoms with Crippen molar-refractivity contribution in [2.45, 2.75) is 44.6 Å². The van der Waals surface area contributed by atoms with E-state index in [1.54, 1.807) is 0 Å². The Kier molecular flexibility index (Phi) is 3.44. The molecule has 1 unspecified atom stereocenters. The lowest BCUT2D eigenvalue weighted by Crippen LogP contribution is -2.23. The summed E-state index contributed by atoms with van der Waals surface area (Å²) in [6.45, 7) is 1.82. The summed E-state index contributed by atoms with van der Waals surface area (Å²) < 4.78 is 0. The Morgan fingerprint density at radius 2 is 2.35 bits per heavy atom. The number of nitrogens with zero attached hydrogens (tertiary/aromatic N) is 1. The molecule has 5 heteroatoms. The van der Waals surface area contributed by atoms with Crippen LogP contribution in [-0.4, -0.2) is 21.9 Å². The molecule has 1 aliphatic carbocycles. The van der Waals surface area contributed by atoms with Crippen molar-refractivity contribution in [3.8, 4) is 0 Å². The summed E-state index contributed by atoms with van der Waals surface area (Å²) in [7, 11) is 0. The van der Waals surface area contributed by atoms with Crippen molar-refractivity contribution in [3.63, 3.8) is 0 Å². The lowest BCUT2D eigenvalue weighted by atomic mass is 9.85. The molecule has 1 amide bonds. The zero-order chi connectivity index (χ0) is 14.1. The monoisotopic (exact) mass is 272 g/mol.